The van der Waals surface area contributed by atoms with E-state index in [1.807, 2.05) is 42.2 Å². The van der Waals surface area contributed by atoms with Crippen molar-refractivity contribution in [2.75, 3.05) is 19.7 Å². The molecule has 0 spiro atoms. The topological polar surface area (TPSA) is 51.1 Å². The van der Waals surface area contributed by atoms with Gasteiger partial charge in [-0.3, -0.25) is 4.79 Å². The third-order valence-corrected chi connectivity index (χ3v) is 5.25. The van der Waals surface area contributed by atoms with Crippen LogP contribution in [0.4, 0.5) is 0 Å². The molecule has 0 aliphatic carbocycles. The number of likely N-dealkylation sites (tertiary alicyclic amines) is 1. The number of piperidine rings is 1. The number of amides is 1. The maximum atomic E-state index is 12.6. The van der Waals surface area contributed by atoms with E-state index in [-0.39, 0.29) is 5.91 Å². The lowest BCUT2D eigenvalue weighted by Crippen LogP contribution is -2.43. The van der Waals surface area contributed by atoms with Crippen molar-refractivity contribution in [1.29, 1.82) is 0 Å². The van der Waals surface area contributed by atoms with Gasteiger partial charge in [-0.15, -0.1) is 0 Å². The molecule has 5 nitrogen and oxygen atoms in total. The van der Waals surface area contributed by atoms with Gasteiger partial charge in [0.1, 0.15) is 5.75 Å². The van der Waals surface area contributed by atoms with Crippen molar-refractivity contribution in [1.82, 2.24) is 4.90 Å². The van der Waals surface area contributed by atoms with E-state index in [0.29, 0.717) is 12.5 Å². The molecular weight excluding hydrogens is 364 g/mol. The number of carbonyl (C=O) groups excluding carboxylic acids is 1. The van der Waals surface area contributed by atoms with Crippen LogP contribution in [0.3, 0.4) is 0 Å². The quantitative estimate of drug-likeness (QED) is 0.495. The summed E-state index contributed by atoms with van der Waals surface area (Å²) in [4.78, 5) is 19.9. The van der Waals surface area contributed by atoms with E-state index < -0.39 is 6.10 Å². The Morgan fingerprint density at radius 2 is 1.83 bits per heavy atom. The van der Waals surface area contributed by atoms with E-state index in [0.717, 1.165) is 43.7 Å². The van der Waals surface area contributed by atoms with Crippen molar-refractivity contribution in [3.05, 3.63) is 65.7 Å². The minimum absolute atomic E-state index is 0.00649. The highest BCUT2D eigenvalue weighted by molar-refractivity contribution is 5.81. The molecule has 1 atom stereocenters. The van der Waals surface area contributed by atoms with Crippen LogP contribution in [0.1, 0.15) is 37.8 Å². The molecule has 0 N–H and O–H groups in total. The standard InChI is InChI=1S/C24H30N2O3/c1-3-28-23-11-9-22(10-12-23)18-25-29-19(2)24(27)26-15-13-21(14-16-26)17-20-7-5-4-6-8-20/h4-12,18-19,21H,3,13-17H2,1-2H3. The number of rotatable bonds is 8. The molecular formula is C24H30N2O3. The van der Waals surface area contributed by atoms with Crippen LogP contribution in [0.25, 0.3) is 0 Å². The van der Waals surface area contributed by atoms with Gasteiger partial charge in [0, 0.05) is 13.1 Å². The van der Waals surface area contributed by atoms with Gasteiger partial charge in [0.15, 0.2) is 0 Å². The van der Waals surface area contributed by atoms with Crippen LogP contribution in [0.5, 0.6) is 5.75 Å². The number of benzene rings is 2. The highest BCUT2D eigenvalue weighted by Gasteiger charge is 2.27. The van der Waals surface area contributed by atoms with Gasteiger partial charge in [-0.25, -0.2) is 0 Å². The second-order valence-corrected chi connectivity index (χ2v) is 7.44. The predicted molar refractivity (Wildman–Crippen MR) is 115 cm³/mol. The monoisotopic (exact) mass is 394 g/mol. The van der Waals surface area contributed by atoms with Crippen LogP contribution in [0.15, 0.2) is 59.8 Å². The second kappa shape index (κ2) is 10.6. The minimum atomic E-state index is -0.584. The van der Waals surface area contributed by atoms with E-state index in [2.05, 4.69) is 29.4 Å². The molecule has 1 amide bonds. The second-order valence-electron chi connectivity index (χ2n) is 7.44. The van der Waals surface area contributed by atoms with Crippen molar-refractivity contribution in [3.63, 3.8) is 0 Å². The fraction of sp³-hybridized carbons (Fsp3) is 0.417. The molecule has 3 rings (SSSR count). The maximum Gasteiger partial charge on any atom is 0.266 e. The van der Waals surface area contributed by atoms with Gasteiger partial charge >= 0.3 is 0 Å². The summed E-state index contributed by atoms with van der Waals surface area (Å²) < 4.78 is 5.42. The SMILES string of the molecule is CCOc1ccc(C=NOC(C)C(=O)N2CCC(Cc3ccccc3)CC2)cc1. The lowest BCUT2D eigenvalue weighted by Gasteiger charge is -2.33. The summed E-state index contributed by atoms with van der Waals surface area (Å²) in [6.45, 7) is 5.92. The van der Waals surface area contributed by atoms with E-state index in [4.69, 9.17) is 9.57 Å². The summed E-state index contributed by atoms with van der Waals surface area (Å²) in [5, 5.41) is 3.99. The van der Waals surface area contributed by atoms with Crippen molar-refractivity contribution in [2.24, 2.45) is 11.1 Å². The van der Waals surface area contributed by atoms with Crippen LogP contribution in [0.2, 0.25) is 0 Å². The minimum Gasteiger partial charge on any atom is -0.494 e. The van der Waals surface area contributed by atoms with Gasteiger partial charge < -0.3 is 14.5 Å². The lowest BCUT2D eigenvalue weighted by atomic mass is 9.90. The molecule has 1 aliphatic heterocycles. The Balaban J connectivity index is 1.42. The summed E-state index contributed by atoms with van der Waals surface area (Å²) >= 11 is 0. The Labute approximate surface area is 173 Å². The summed E-state index contributed by atoms with van der Waals surface area (Å²) in [6, 6.07) is 18.2. The first-order valence-electron chi connectivity index (χ1n) is 10.4. The Bertz CT molecular complexity index is 782. The van der Waals surface area contributed by atoms with E-state index in [9.17, 15) is 4.79 Å². The Morgan fingerprint density at radius 3 is 2.48 bits per heavy atom. The number of carbonyl (C=O) groups is 1. The molecule has 1 fully saturated rings. The first-order valence-corrected chi connectivity index (χ1v) is 10.4. The highest BCUT2D eigenvalue weighted by Crippen LogP contribution is 2.22. The molecule has 1 saturated heterocycles. The predicted octanol–water partition coefficient (Wildman–Crippen LogP) is 4.31. The van der Waals surface area contributed by atoms with Crippen molar-refractivity contribution >= 4 is 12.1 Å². The zero-order chi connectivity index (χ0) is 20.5. The van der Waals surface area contributed by atoms with Crippen molar-refractivity contribution < 1.29 is 14.4 Å². The van der Waals surface area contributed by atoms with E-state index >= 15 is 0 Å². The number of hydrogen-bond acceptors (Lipinski definition) is 4. The molecule has 0 aromatic heterocycles. The number of nitrogens with zero attached hydrogens (tertiary/aromatic N) is 2. The van der Waals surface area contributed by atoms with Crippen LogP contribution in [0, 0.1) is 5.92 Å². The average molecular weight is 395 g/mol. The van der Waals surface area contributed by atoms with Gasteiger partial charge in [0.05, 0.1) is 12.8 Å². The summed E-state index contributed by atoms with van der Waals surface area (Å²) in [5.41, 5.74) is 2.27. The van der Waals surface area contributed by atoms with E-state index in [1.165, 1.54) is 5.56 Å². The lowest BCUT2D eigenvalue weighted by molar-refractivity contribution is -0.144. The Kier molecular flexibility index (Phi) is 7.68. The Morgan fingerprint density at radius 1 is 1.14 bits per heavy atom. The molecule has 0 bridgehead atoms. The first-order chi connectivity index (χ1) is 14.2. The van der Waals surface area contributed by atoms with Gasteiger partial charge in [0.25, 0.3) is 5.91 Å². The summed E-state index contributed by atoms with van der Waals surface area (Å²) in [7, 11) is 0. The molecule has 5 heteroatoms. The Hall–Kier alpha value is -2.82. The third kappa shape index (κ3) is 6.34. The zero-order valence-corrected chi connectivity index (χ0v) is 17.3. The van der Waals surface area contributed by atoms with Crippen LogP contribution >= 0.6 is 0 Å². The van der Waals surface area contributed by atoms with Crippen LogP contribution in [-0.4, -0.2) is 42.8 Å². The van der Waals surface area contributed by atoms with Crippen molar-refractivity contribution in [2.45, 2.75) is 39.2 Å². The normalized spacial score (nSPS) is 16.0. The molecule has 2 aromatic carbocycles. The van der Waals surface area contributed by atoms with Crippen LogP contribution in [-0.2, 0) is 16.1 Å². The fourth-order valence-corrected chi connectivity index (χ4v) is 3.61. The van der Waals surface area contributed by atoms with E-state index in [1.54, 1.807) is 13.1 Å². The summed E-state index contributed by atoms with van der Waals surface area (Å²) in [6.07, 6.45) is 4.18. The van der Waals surface area contributed by atoms with Crippen molar-refractivity contribution in [3.8, 4) is 5.75 Å². The van der Waals surface area contributed by atoms with Gasteiger partial charge in [-0.1, -0.05) is 35.5 Å². The number of hydrogen-bond donors (Lipinski definition) is 0. The average Bonchev–Trinajstić information content (AvgIpc) is 2.76. The third-order valence-electron chi connectivity index (χ3n) is 5.25. The number of ether oxygens (including phenoxy) is 1. The van der Waals surface area contributed by atoms with Gasteiger partial charge in [-0.05, 0) is 74.4 Å². The molecule has 29 heavy (non-hydrogen) atoms. The molecule has 0 radical (unpaired) electrons. The largest absolute Gasteiger partial charge is 0.494 e. The molecule has 0 saturated carbocycles. The highest BCUT2D eigenvalue weighted by atomic mass is 16.6. The number of oxime groups is 1. The fourth-order valence-electron chi connectivity index (χ4n) is 3.61. The van der Waals surface area contributed by atoms with Crippen LogP contribution < -0.4 is 4.74 Å². The first kappa shape index (κ1) is 20.9. The molecule has 2 aromatic rings. The van der Waals surface area contributed by atoms with Gasteiger partial charge in [-0.2, -0.15) is 0 Å². The molecule has 1 heterocycles. The molecule has 1 aliphatic rings. The van der Waals surface area contributed by atoms with Gasteiger partial charge in [0.2, 0.25) is 6.10 Å². The zero-order valence-electron chi connectivity index (χ0n) is 17.3. The maximum absolute atomic E-state index is 12.6. The smallest absolute Gasteiger partial charge is 0.266 e. The summed E-state index contributed by atoms with van der Waals surface area (Å²) in [5.74, 6) is 1.46. The molecule has 1 unspecified atom stereocenters. The molecule has 154 valence electrons.